The van der Waals surface area contributed by atoms with Crippen molar-refractivity contribution in [2.45, 2.75) is 92.9 Å². The maximum Gasteiger partial charge on any atom is 0.373 e. The molecule has 4 aromatic heterocycles. The van der Waals surface area contributed by atoms with Crippen LogP contribution in [0, 0.1) is 11.8 Å². The van der Waals surface area contributed by atoms with E-state index in [0.29, 0.717) is 65.7 Å². The third-order valence-electron chi connectivity index (χ3n) is 12.7. The van der Waals surface area contributed by atoms with Crippen molar-refractivity contribution in [3.8, 4) is 66.7 Å². The van der Waals surface area contributed by atoms with Crippen LogP contribution in [0.1, 0.15) is 102 Å². The Morgan fingerprint density at radius 2 is 1.23 bits per heavy atom. The number of carbonyl (C=O) groups is 1. The lowest BCUT2D eigenvalue weighted by atomic mass is 10.0. The molecule has 1 aliphatic rings. The van der Waals surface area contributed by atoms with Crippen molar-refractivity contribution >= 4 is 40.5 Å². The lowest BCUT2D eigenvalue weighted by Gasteiger charge is -2.26. The summed E-state index contributed by atoms with van der Waals surface area (Å²) in [5, 5.41) is 0. The molecule has 0 bridgehead atoms. The van der Waals surface area contributed by atoms with Crippen LogP contribution in [0.5, 0.6) is 23.0 Å². The molecule has 0 N–H and O–H groups in total. The molecule has 2 unspecified atom stereocenters. The van der Waals surface area contributed by atoms with Gasteiger partial charge in [-0.25, -0.2) is 9.78 Å². The summed E-state index contributed by atoms with van der Waals surface area (Å²) in [6, 6.07) is 36.8. The molecule has 0 saturated carbocycles. The first-order chi connectivity index (χ1) is 35.7. The monoisotopic (exact) mass is 1000 g/mol. The Labute approximate surface area is 433 Å². The summed E-state index contributed by atoms with van der Waals surface area (Å²) in [4.78, 5) is 47.8. The van der Waals surface area contributed by atoms with Gasteiger partial charge in [0.2, 0.25) is 0 Å². The maximum atomic E-state index is 13.0. The Hall–Kier alpha value is -7.34. The molecular weight excluding hydrogens is 937 g/mol. The van der Waals surface area contributed by atoms with E-state index < -0.39 is 5.97 Å². The van der Waals surface area contributed by atoms with Crippen LogP contribution in [-0.2, 0) is 20.7 Å². The first-order valence-corrected chi connectivity index (χ1v) is 26.4. The largest absolute Gasteiger partial charge is 0.493 e. The molecule has 13 heteroatoms. The number of carbonyl (C=O) groups excluding carboxylic acids is 3. The summed E-state index contributed by atoms with van der Waals surface area (Å²) < 4.78 is 30.6. The number of ether oxygens (including phenoxy) is 5. The van der Waals surface area contributed by atoms with Gasteiger partial charge in [-0.2, -0.15) is 9.59 Å². The number of pyridine rings is 3. The number of hydrogen-bond donors (Lipinski definition) is 0. The van der Waals surface area contributed by atoms with Gasteiger partial charge in [-0.3, -0.25) is 9.97 Å². The minimum atomic E-state index is -0.425. The zero-order valence-electron chi connectivity index (χ0n) is 42.9. The lowest BCUT2D eigenvalue weighted by Crippen LogP contribution is -2.14. The second kappa shape index (κ2) is 26.9. The molecule has 5 heterocycles. The smallest absolute Gasteiger partial charge is 0.373 e. The number of fused-ring (bicyclic) bond motifs is 1. The second-order valence-corrected chi connectivity index (χ2v) is 19.1. The maximum absolute atomic E-state index is 13.0. The summed E-state index contributed by atoms with van der Waals surface area (Å²) in [7, 11) is 0. The molecule has 12 nitrogen and oxygen atoms in total. The number of aryl methyl sites for hydroxylation is 1. The first-order valence-electron chi connectivity index (χ1n) is 25.6. The molecule has 2 atom stereocenters. The van der Waals surface area contributed by atoms with Gasteiger partial charge in [0.15, 0.2) is 11.5 Å². The number of aromatic nitrogens is 3. The van der Waals surface area contributed by atoms with E-state index in [0.717, 1.165) is 86.6 Å². The Morgan fingerprint density at radius 1 is 0.671 bits per heavy atom. The van der Waals surface area contributed by atoms with Crippen molar-refractivity contribution in [2.75, 3.05) is 37.9 Å². The van der Waals surface area contributed by atoms with E-state index in [1.54, 1.807) is 36.6 Å². The van der Waals surface area contributed by atoms with Gasteiger partial charge in [0.05, 0.1) is 57.9 Å². The van der Waals surface area contributed by atoms with Crippen LogP contribution in [0.2, 0.25) is 0 Å². The van der Waals surface area contributed by atoms with Crippen molar-refractivity contribution in [1.29, 1.82) is 0 Å². The van der Waals surface area contributed by atoms with Crippen molar-refractivity contribution in [1.82, 2.24) is 15.0 Å². The molecule has 0 radical (unpaired) electrons. The molecule has 0 amide bonds. The van der Waals surface area contributed by atoms with Crippen molar-refractivity contribution in [3.63, 3.8) is 0 Å². The van der Waals surface area contributed by atoms with E-state index in [1.165, 1.54) is 32.1 Å². The Kier molecular flexibility index (Phi) is 19.7. The molecule has 3 aromatic carbocycles. The molecule has 73 heavy (non-hydrogen) atoms. The number of esters is 1. The zero-order valence-corrected chi connectivity index (χ0v) is 43.7. The van der Waals surface area contributed by atoms with Crippen LogP contribution < -0.4 is 23.8 Å². The Bertz CT molecular complexity index is 2880. The molecule has 8 rings (SSSR count). The van der Waals surface area contributed by atoms with E-state index in [4.69, 9.17) is 43.2 Å². The third kappa shape index (κ3) is 14.0. The highest BCUT2D eigenvalue weighted by atomic mass is 32.1. The van der Waals surface area contributed by atoms with E-state index in [2.05, 4.69) is 117 Å². The predicted molar refractivity (Wildman–Crippen MR) is 288 cm³/mol. The number of nitrogens with zero attached hydrogens (tertiary/aromatic N) is 4. The summed E-state index contributed by atoms with van der Waals surface area (Å²) in [6.07, 6.45) is 13.0. The van der Waals surface area contributed by atoms with Gasteiger partial charge < -0.3 is 28.6 Å². The summed E-state index contributed by atoms with van der Waals surface area (Å²) >= 11 is 1.61. The van der Waals surface area contributed by atoms with Gasteiger partial charge in [0, 0.05) is 35.0 Å². The predicted octanol–water partition coefficient (Wildman–Crippen LogP) is 14.8. The van der Waals surface area contributed by atoms with Crippen molar-refractivity contribution in [2.24, 2.45) is 11.8 Å². The van der Waals surface area contributed by atoms with Crippen LogP contribution in [0.25, 0.3) is 43.7 Å². The van der Waals surface area contributed by atoms with E-state index in [-0.39, 0.29) is 12.8 Å². The highest BCUT2D eigenvalue weighted by molar-refractivity contribution is 7.19. The fourth-order valence-electron chi connectivity index (χ4n) is 8.55. The lowest BCUT2D eigenvalue weighted by molar-refractivity contribution is -0.191. The number of anilines is 3. The number of unbranched alkanes of at least 4 members (excludes halogenated alkanes) is 2. The molecule has 0 spiro atoms. The van der Waals surface area contributed by atoms with Gasteiger partial charge in [0.1, 0.15) is 24.7 Å². The fourth-order valence-corrected chi connectivity index (χ4v) is 9.73. The van der Waals surface area contributed by atoms with Crippen molar-refractivity contribution in [3.05, 3.63) is 133 Å². The summed E-state index contributed by atoms with van der Waals surface area (Å²) in [6.45, 7) is 15.4. The second-order valence-electron chi connectivity index (χ2n) is 18.0. The topological polar surface area (TPSA) is 139 Å². The fraction of sp³-hybridized carbons (Fsp3) is 0.350. The van der Waals surface area contributed by atoms with Crippen molar-refractivity contribution < 1.29 is 38.1 Å². The minimum Gasteiger partial charge on any atom is -0.493 e. The molecule has 0 fully saturated rings. The van der Waals surface area contributed by atoms with Crippen LogP contribution in [0.4, 0.5) is 17.1 Å². The zero-order chi connectivity index (χ0) is 51.5. The highest BCUT2D eigenvalue weighted by Crippen LogP contribution is 2.54. The van der Waals surface area contributed by atoms with Crippen LogP contribution in [-0.4, -0.2) is 60.1 Å². The molecule has 0 saturated heterocycles. The molecular formula is C60H66N4O8S. The van der Waals surface area contributed by atoms with Gasteiger partial charge in [0.25, 0.3) is 0 Å². The van der Waals surface area contributed by atoms with Gasteiger partial charge >= 0.3 is 12.1 Å². The number of hydrogen-bond acceptors (Lipinski definition) is 13. The third-order valence-corrected chi connectivity index (χ3v) is 14.0. The number of thiophene rings is 1. The highest BCUT2D eigenvalue weighted by Gasteiger charge is 2.27. The average molecular weight is 1000 g/mol. The number of rotatable bonds is 23. The quantitative estimate of drug-likeness (QED) is 0.0564. The molecule has 380 valence electrons. The van der Waals surface area contributed by atoms with Gasteiger partial charge in [-0.05, 0) is 146 Å². The van der Waals surface area contributed by atoms with Gasteiger partial charge in [-0.15, -0.1) is 11.3 Å². The minimum absolute atomic E-state index is 0.250. The van der Waals surface area contributed by atoms with E-state index >= 15 is 0 Å². The van der Waals surface area contributed by atoms with Crippen LogP contribution in [0.15, 0.2) is 122 Å². The Balaban J connectivity index is 0.00000254. The number of benzene rings is 3. The first kappa shape index (κ1) is 53.5. The normalized spacial score (nSPS) is 12.4. The molecule has 7 aromatic rings. The Morgan fingerprint density at radius 3 is 1.79 bits per heavy atom. The molecule has 0 aliphatic carbocycles. The van der Waals surface area contributed by atoms with E-state index in [1.807, 2.05) is 30.5 Å². The summed E-state index contributed by atoms with van der Waals surface area (Å²) in [5.74, 6) is 3.80. The summed E-state index contributed by atoms with van der Waals surface area (Å²) in [5.41, 5.74) is 8.85. The molecule has 1 aliphatic heterocycles. The van der Waals surface area contributed by atoms with Crippen LogP contribution >= 0.6 is 11.3 Å². The standard InChI is InChI=1S/C59H66N4O6S.CO2/c1-7-12-14-40(6)38-68-49-25-21-47(22-26-49)63(48-23-27-50(28-24-48)69-39-42(10-4)15-13-8-2)46-19-16-43(17-20-46)57-55-56(67-33-32-66-55)58(70-57)44-18-29-51(61-37-44)53-35-45(59(64)65-11-5)36-54(62-53)52-34-41(9-3)30-31-60-52;2-1-3/h16-31,34-37,40,42H,7-15,32-33,38-39H2,1-6H3;. The average Bonchev–Trinajstić information content (AvgIpc) is 3.83. The van der Waals surface area contributed by atoms with Crippen LogP contribution in [0.3, 0.4) is 0 Å². The SMILES string of the molecule is CCCCC(C)COc1ccc(N(c2ccc(OCC(CC)CCCC)cc2)c2ccc(-c3sc(-c4ccc(-c5cc(C(=O)OCC)cc(-c6cc(CC)ccn6)n5)nc4)c4c3OCCO4)cc2)cc1.O=C=O. The van der Waals surface area contributed by atoms with Gasteiger partial charge in [-0.1, -0.05) is 78.9 Å². The van der Waals surface area contributed by atoms with E-state index in [9.17, 15) is 4.79 Å².